The van der Waals surface area contributed by atoms with Crippen molar-refractivity contribution in [1.82, 2.24) is 0 Å². The number of carbonyl (C=O) groups excluding carboxylic acids is 3. The van der Waals surface area contributed by atoms with E-state index in [1.807, 2.05) is 0 Å². The van der Waals surface area contributed by atoms with Gasteiger partial charge in [-0.15, -0.1) is 0 Å². The zero-order valence-electron chi connectivity index (χ0n) is 15.3. The second kappa shape index (κ2) is 6.89. The molecule has 3 aromatic carbocycles. The number of fused-ring (bicyclic) bond motifs is 2. The van der Waals surface area contributed by atoms with Gasteiger partial charge >= 0.3 is 0 Å². The van der Waals surface area contributed by atoms with Crippen molar-refractivity contribution in [1.29, 1.82) is 0 Å². The molecule has 1 N–H and O–H groups in total. The summed E-state index contributed by atoms with van der Waals surface area (Å²) >= 11 is 6.36. The Morgan fingerprint density at radius 3 is 2.30 bits per heavy atom. The SMILES string of the molecule is O=C(Nc1ccc(N2C(=O)c3ccccc3C2=O)c(Cl)c1)c1ccc2c(c1)OCO2. The Kier molecular flexibility index (Phi) is 4.18. The largest absolute Gasteiger partial charge is 0.454 e. The van der Waals surface area contributed by atoms with Gasteiger partial charge in [-0.25, -0.2) is 4.90 Å². The number of anilines is 2. The summed E-state index contributed by atoms with van der Waals surface area (Å²) in [6.07, 6.45) is 0. The normalized spacial score (nSPS) is 14.1. The highest BCUT2D eigenvalue weighted by Crippen LogP contribution is 2.35. The lowest BCUT2D eigenvalue weighted by molar-refractivity contribution is 0.0924. The molecule has 5 rings (SSSR count). The van der Waals surface area contributed by atoms with Crippen LogP contribution in [-0.4, -0.2) is 24.5 Å². The smallest absolute Gasteiger partial charge is 0.266 e. The van der Waals surface area contributed by atoms with E-state index in [0.717, 1.165) is 4.90 Å². The summed E-state index contributed by atoms with van der Waals surface area (Å²) < 4.78 is 10.5. The van der Waals surface area contributed by atoms with E-state index in [0.29, 0.717) is 33.9 Å². The molecule has 2 aliphatic rings. The minimum Gasteiger partial charge on any atom is -0.454 e. The van der Waals surface area contributed by atoms with E-state index in [-0.39, 0.29) is 23.4 Å². The van der Waals surface area contributed by atoms with Crippen molar-refractivity contribution in [3.05, 3.63) is 82.4 Å². The molecule has 0 bridgehead atoms. The molecule has 3 aromatic rings. The summed E-state index contributed by atoms with van der Waals surface area (Å²) in [5.41, 5.74) is 1.73. The molecule has 8 heteroatoms. The van der Waals surface area contributed by atoms with Gasteiger partial charge in [-0.2, -0.15) is 0 Å². The predicted molar refractivity (Wildman–Crippen MR) is 110 cm³/mol. The number of ether oxygens (including phenoxy) is 2. The third kappa shape index (κ3) is 2.87. The molecule has 0 radical (unpaired) electrons. The van der Waals surface area contributed by atoms with Gasteiger partial charge in [-0.05, 0) is 48.5 Å². The number of hydrogen-bond acceptors (Lipinski definition) is 5. The zero-order valence-corrected chi connectivity index (χ0v) is 16.1. The van der Waals surface area contributed by atoms with Gasteiger partial charge in [0.15, 0.2) is 11.5 Å². The molecule has 0 unspecified atom stereocenters. The van der Waals surface area contributed by atoms with Crippen LogP contribution in [0.25, 0.3) is 0 Å². The molecule has 148 valence electrons. The van der Waals surface area contributed by atoms with Gasteiger partial charge in [-0.1, -0.05) is 23.7 Å². The Morgan fingerprint density at radius 1 is 0.900 bits per heavy atom. The van der Waals surface area contributed by atoms with E-state index in [9.17, 15) is 14.4 Å². The number of nitrogens with one attached hydrogen (secondary N) is 1. The first-order valence-electron chi connectivity index (χ1n) is 9.01. The van der Waals surface area contributed by atoms with E-state index < -0.39 is 11.8 Å². The molecule has 30 heavy (non-hydrogen) atoms. The highest BCUT2D eigenvalue weighted by molar-refractivity contribution is 6.40. The van der Waals surface area contributed by atoms with Gasteiger partial charge in [0, 0.05) is 11.3 Å². The van der Waals surface area contributed by atoms with E-state index in [4.69, 9.17) is 21.1 Å². The number of hydrogen-bond donors (Lipinski definition) is 1. The van der Waals surface area contributed by atoms with Crippen LogP contribution in [0.3, 0.4) is 0 Å². The molecule has 2 heterocycles. The van der Waals surface area contributed by atoms with Crippen LogP contribution in [0.2, 0.25) is 5.02 Å². The molecular formula is C22H13ClN2O5. The fraction of sp³-hybridized carbons (Fsp3) is 0.0455. The maximum absolute atomic E-state index is 12.7. The van der Waals surface area contributed by atoms with E-state index in [2.05, 4.69) is 5.32 Å². The Morgan fingerprint density at radius 2 is 1.60 bits per heavy atom. The second-order valence-corrected chi connectivity index (χ2v) is 7.09. The summed E-state index contributed by atoms with van der Waals surface area (Å²) in [4.78, 5) is 38.9. The van der Waals surface area contributed by atoms with Crippen molar-refractivity contribution < 1.29 is 23.9 Å². The van der Waals surface area contributed by atoms with Crippen LogP contribution in [0.15, 0.2) is 60.7 Å². The van der Waals surface area contributed by atoms with Gasteiger partial charge < -0.3 is 14.8 Å². The number of imide groups is 1. The Balaban J connectivity index is 1.39. The maximum atomic E-state index is 12.7. The van der Waals surface area contributed by atoms with Gasteiger partial charge in [0.2, 0.25) is 6.79 Å². The maximum Gasteiger partial charge on any atom is 0.266 e. The Labute approximate surface area is 175 Å². The number of amides is 3. The lowest BCUT2D eigenvalue weighted by Crippen LogP contribution is -2.29. The van der Waals surface area contributed by atoms with Crippen molar-refractivity contribution in [3.63, 3.8) is 0 Å². The van der Waals surface area contributed by atoms with Crippen molar-refractivity contribution in [3.8, 4) is 11.5 Å². The summed E-state index contributed by atoms with van der Waals surface area (Å²) in [6.45, 7) is 0.120. The van der Waals surface area contributed by atoms with Crippen LogP contribution in [0.4, 0.5) is 11.4 Å². The first-order chi connectivity index (χ1) is 14.5. The average Bonchev–Trinajstić information content (AvgIpc) is 3.31. The molecular weight excluding hydrogens is 408 g/mol. The van der Waals surface area contributed by atoms with Crippen molar-refractivity contribution in [2.45, 2.75) is 0 Å². The van der Waals surface area contributed by atoms with Gasteiger partial charge in [0.05, 0.1) is 21.8 Å². The first kappa shape index (κ1) is 18.2. The highest BCUT2D eigenvalue weighted by Gasteiger charge is 2.37. The molecule has 0 aromatic heterocycles. The van der Waals surface area contributed by atoms with Crippen molar-refractivity contribution in [2.24, 2.45) is 0 Å². The average molecular weight is 421 g/mol. The van der Waals surface area contributed by atoms with Crippen LogP contribution < -0.4 is 19.7 Å². The Hall–Kier alpha value is -3.84. The molecule has 3 amide bonds. The minimum atomic E-state index is -0.436. The van der Waals surface area contributed by atoms with Crippen molar-refractivity contribution in [2.75, 3.05) is 17.0 Å². The fourth-order valence-electron chi connectivity index (χ4n) is 3.42. The lowest BCUT2D eigenvalue weighted by Gasteiger charge is -2.16. The summed E-state index contributed by atoms with van der Waals surface area (Å²) in [7, 11) is 0. The number of rotatable bonds is 3. The van der Waals surface area contributed by atoms with E-state index in [1.54, 1.807) is 48.5 Å². The first-order valence-corrected chi connectivity index (χ1v) is 9.39. The second-order valence-electron chi connectivity index (χ2n) is 6.68. The summed E-state index contributed by atoms with van der Waals surface area (Å²) in [5, 5.41) is 2.90. The highest BCUT2D eigenvalue weighted by atomic mass is 35.5. The zero-order chi connectivity index (χ0) is 20.8. The molecule has 0 fully saturated rings. The van der Waals surface area contributed by atoms with Gasteiger partial charge in [0.25, 0.3) is 17.7 Å². The summed E-state index contributed by atoms with van der Waals surface area (Å²) in [6, 6.07) is 16.1. The third-order valence-electron chi connectivity index (χ3n) is 4.88. The number of carbonyl (C=O) groups is 3. The predicted octanol–water partition coefficient (Wildman–Crippen LogP) is 4.12. The van der Waals surface area contributed by atoms with Gasteiger partial charge in [-0.3, -0.25) is 14.4 Å². The molecule has 0 spiro atoms. The van der Waals surface area contributed by atoms with Crippen molar-refractivity contribution >= 4 is 40.7 Å². The molecule has 2 aliphatic heterocycles. The standard InChI is InChI=1S/C22H13ClN2O5/c23-16-10-13(24-20(26)12-5-8-18-19(9-12)30-11-29-18)6-7-17(16)25-21(27)14-3-1-2-4-15(14)22(25)28/h1-10H,11H2,(H,24,26). The minimum absolute atomic E-state index is 0.120. The number of benzene rings is 3. The molecule has 7 nitrogen and oxygen atoms in total. The topological polar surface area (TPSA) is 84.9 Å². The van der Waals surface area contributed by atoms with Crippen LogP contribution >= 0.6 is 11.6 Å². The van der Waals surface area contributed by atoms with Crippen LogP contribution in [0, 0.1) is 0 Å². The fourth-order valence-corrected chi connectivity index (χ4v) is 3.68. The van der Waals surface area contributed by atoms with Crippen LogP contribution in [0.1, 0.15) is 31.1 Å². The molecule has 0 saturated carbocycles. The van der Waals surface area contributed by atoms with Crippen LogP contribution in [-0.2, 0) is 0 Å². The molecule has 0 atom stereocenters. The Bertz CT molecular complexity index is 1200. The van der Waals surface area contributed by atoms with E-state index >= 15 is 0 Å². The molecule has 0 saturated heterocycles. The number of nitrogens with zero attached hydrogens (tertiary/aromatic N) is 1. The van der Waals surface area contributed by atoms with E-state index in [1.165, 1.54) is 12.1 Å². The van der Waals surface area contributed by atoms with Gasteiger partial charge in [0.1, 0.15) is 0 Å². The number of halogens is 1. The quantitative estimate of drug-likeness (QED) is 0.644. The third-order valence-corrected chi connectivity index (χ3v) is 5.18. The lowest BCUT2D eigenvalue weighted by atomic mass is 10.1. The monoisotopic (exact) mass is 420 g/mol. The summed E-state index contributed by atoms with van der Waals surface area (Å²) in [5.74, 6) is -0.149. The molecule has 0 aliphatic carbocycles. The van der Waals surface area contributed by atoms with Crippen LogP contribution in [0.5, 0.6) is 11.5 Å².